The van der Waals surface area contributed by atoms with E-state index in [-0.39, 0.29) is 41.3 Å². The summed E-state index contributed by atoms with van der Waals surface area (Å²) in [7, 11) is 0. The summed E-state index contributed by atoms with van der Waals surface area (Å²) in [5.74, 6) is -0.226. The SMILES string of the molecule is NC[C@@H]1O[C@H](C2CCN(CCCC(c3ccc(F)cc3)c3ccc(F)cc3)CC2)Cc2c1ccc(O)c2O. The third-order valence-electron chi connectivity index (χ3n) is 8.27. The van der Waals surface area contributed by atoms with Gasteiger partial charge in [-0.15, -0.1) is 0 Å². The molecule has 0 saturated carbocycles. The molecule has 2 aliphatic heterocycles. The fraction of sp³-hybridized carbons (Fsp3) is 0.419. The van der Waals surface area contributed by atoms with Crippen molar-refractivity contribution >= 4 is 0 Å². The van der Waals surface area contributed by atoms with Crippen molar-refractivity contribution in [1.82, 2.24) is 4.90 Å². The van der Waals surface area contributed by atoms with Crippen LogP contribution in [0.4, 0.5) is 8.78 Å². The first kappa shape index (κ1) is 26.6. The lowest BCUT2D eigenvalue weighted by Gasteiger charge is -2.40. The number of benzene rings is 3. The van der Waals surface area contributed by atoms with E-state index in [1.807, 2.05) is 24.3 Å². The number of hydrogen-bond donors (Lipinski definition) is 3. The minimum absolute atomic E-state index is 0.0350. The molecule has 2 heterocycles. The van der Waals surface area contributed by atoms with Crippen LogP contribution in [0.1, 0.15) is 60.0 Å². The molecule has 1 saturated heterocycles. The number of piperidine rings is 1. The number of phenolic OH excluding ortho intramolecular Hbond substituents is 2. The highest BCUT2D eigenvalue weighted by Crippen LogP contribution is 2.42. The van der Waals surface area contributed by atoms with Crippen molar-refractivity contribution in [2.75, 3.05) is 26.2 Å². The van der Waals surface area contributed by atoms with Crippen molar-refractivity contribution in [3.05, 3.63) is 94.6 Å². The van der Waals surface area contributed by atoms with Crippen molar-refractivity contribution < 1.29 is 23.7 Å². The van der Waals surface area contributed by atoms with Crippen LogP contribution in [0.3, 0.4) is 0 Å². The maximum absolute atomic E-state index is 13.5. The van der Waals surface area contributed by atoms with E-state index in [4.69, 9.17) is 10.5 Å². The van der Waals surface area contributed by atoms with Gasteiger partial charge in [0.05, 0.1) is 12.2 Å². The van der Waals surface area contributed by atoms with Gasteiger partial charge in [0.2, 0.25) is 0 Å². The molecule has 3 aromatic carbocycles. The first-order valence-corrected chi connectivity index (χ1v) is 13.6. The van der Waals surface area contributed by atoms with E-state index in [1.54, 1.807) is 6.07 Å². The highest BCUT2D eigenvalue weighted by Gasteiger charge is 2.35. The van der Waals surface area contributed by atoms with E-state index in [1.165, 1.54) is 30.3 Å². The maximum Gasteiger partial charge on any atom is 0.161 e. The zero-order valence-electron chi connectivity index (χ0n) is 21.5. The lowest BCUT2D eigenvalue weighted by molar-refractivity contribution is -0.0647. The minimum atomic E-state index is -0.275. The number of nitrogens with two attached hydrogens (primary N) is 1. The average Bonchev–Trinajstić information content (AvgIpc) is 2.94. The Labute approximate surface area is 222 Å². The summed E-state index contributed by atoms with van der Waals surface area (Å²) in [5.41, 5.74) is 9.68. The summed E-state index contributed by atoms with van der Waals surface area (Å²) in [5, 5.41) is 20.5. The van der Waals surface area contributed by atoms with Gasteiger partial charge in [-0.1, -0.05) is 30.3 Å². The molecular formula is C31H36F2N2O3. The maximum atomic E-state index is 13.5. The van der Waals surface area contributed by atoms with Gasteiger partial charge in [-0.25, -0.2) is 8.78 Å². The number of ether oxygens (including phenoxy) is 1. The van der Waals surface area contributed by atoms with Crippen LogP contribution in [0.5, 0.6) is 11.5 Å². The van der Waals surface area contributed by atoms with Crippen LogP contribution in [0.15, 0.2) is 60.7 Å². The third-order valence-corrected chi connectivity index (χ3v) is 8.27. The summed E-state index contributed by atoms with van der Waals surface area (Å²) < 4.78 is 33.4. The fourth-order valence-corrected chi connectivity index (χ4v) is 6.13. The van der Waals surface area contributed by atoms with Crippen LogP contribution in [0.2, 0.25) is 0 Å². The van der Waals surface area contributed by atoms with Gasteiger partial charge in [0, 0.05) is 24.4 Å². The van der Waals surface area contributed by atoms with Crippen LogP contribution >= 0.6 is 0 Å². The predicted molar refractivity (Wildman–Crippen MR) is 143 cm³/mol. The Morgan fingerprint density at radius 3 is 2.08 bits per heavy atom. The molecule has 2 aliphatic rings. The van der Waals surface area contributed by atoms with Gasteiger partial charge in [-0.2, -0.15) is 0 Å². The number of nitrogens with zero attached hydrogens (tertiary/aromatic N) is 1. The molecule has 2 atom stereocenters. The Kier molecular flexibility index (Phi) is 8.27. The summed E-state index contributed by atoms with van der Waals surface area (Å²) in [6.07, 6.45) is 4.12. The van der Waals surface area contributed by atoms with Crippen molar-refractivity contribution in [3.63, 3.8) is 0 Å². The molecule has 5 nitrogen and oxygen atoms in total. The van der Waals surface area contributed by atoms with Crippen LogP contribution in [-0.2, 0) is 11.2 Å². The topological polar surface area (TPSA) is 79.0 Å². The zero-order valence-corrected chi connectivity index (χ0v) is 21.5. The Bertz CT molecular complexity index is 1170. The molecule has 7 heteroatoms. The first-order chi connectivity index (χ1) is 18.4. The third kappa shape index (κ3) is 5.85. The quantitative estimate of drug-likeness (QED) is 0.334. The minimum Gasteiger partial charge on any atom is -0.504 e. The Morgan fingerprint density at radius 2 is 1.50 bits per heavy atom. The molecule has 1 fully saturated rings. The molecule has 0 radical (unpaired) electrons. The molecule has 3 aromatic rings. The smallest absolute Gasteiger partial charge is 0.161 e. The Morgan fingerprint density at radius 1 is 0.895 bits per heavy atom. The van der Waals surface area contributed by atoms with Crippen molar-refractivity contribution in [1.29, 1.82) is 0 Å². The molecular weight excluding hydrogens is 486 g/mol. The van der Waals surface area contributed by atoms with Gasteiger partial charge in [-0.05, 0) is 98.3 Å². The van der Waals surface area contributed by atoms with Gasteiger partial charge < -0.3 is 25.6 Å². The standard InChI is InChI=1S/C31H36F2N2O3/c32-23-7-3-20(4-8-23)25(21-5-9-24(33)10-6-21)2-1-15-35-16-13-22(14-17-35)29-18-27-26(30(19-34)38-29)11-12-28(36)31(27)37/h3-12,22,25,29-30,36-37H,1-2,13-19,34H2/t29-,30-/m0/s1. The number of likely N-dealkylation sites (tertiary alicyclic amines) is 1. The summed E-state index contributed by atoms with van der Waals surface area (Å²) >= 11 is 0. The van der Waals surface area contributed by atoms with Crippen molar-refractivity contribution in [2.45, 2.75) is 50.2 Å². The molecule has 0 aliphatic carbocycles. The summed E-state index contributed by atoms with van der Waals surface area (Å²) in [6, 6.07) is 16.5. The van der Waals surface area contributed by atoms with Crippen LogP contribution in [0.25, 0.3) is 0 Å². The van der Waals surface area contributed by atoms with Crippen molar-refractivity contribution in [3.8, 4) is 11.5 Å². The number of halogens is 2. The average molecular weight is 523 g/mol. The fourth-order valence-electron chi connectivity index (χ4n) is 6.13. The predicted octanol–water partition coefficient (Wildman–Crippen LogP) is 5.64. The van der Waals surface area contributed by atoms with Gasteiger partial charge in [0.1, 0.15) is 11.6 Å². The molecule has 0 unspecified atom stereocenters. The summed E-state index contributed by atoms with van der Waals surface area (Å²) in [4.78, 5) is 2.48. The number of fused-ring (bicyclic) bond motifs is 1. The van der Waals surface area contributed by atoms with E-state index in [0.29, 0.717) is 18.9 Å². The second-order valence-corrected chi connectivity index (χ2v) is 10.6. The monoisotopic (exact) mass is 522 g/mol. The van der Waals surface area contributed by atoms with Gasteiger partial charge in [0.15, 0.2) is 11.5 Å². The highest BCUT2D eigenvalue weighted by atomic mass is 19.1. The van der Waals surface area contributed by atoms with Crippen LogP contribution < -0.4 is 5.73 Å². The number of hydrogen-bond acceptors (Lipinski definition) is 5. The lowest BCUT2D eigenvalue weighted by atomic mass is 9.83. The second-order valence-electron chi connectivity index (χ2n) is 10.6. The normalized spacial score (nSPS) is 20.5. The second kappa shape index (κ2) is 11.8. The molecule has 4 N–H and O–H groups in total. The molecule has 5 rings (SSSR count). The molecule has 0 spiro atoms. The van der Waals surface area contributed by atoms with Gasteiger partial charge >= 0.3 is 0 Å². The molecule has 202 valence electrons. The number of phenols is 2. The van der Waals surface area contributed by atoms with Gasteiger partial charge in [-0.3, -0.25) is 0 Å². The van der Waals surface area contributed by atoms with Crippen LogP contribution in [0, 0.1) is 17.6 Å². The lowest BCUT2D eigenvalue weighted by Crippen LogP contribution is -2.42. The Hall–Kier alpha value is -3.00. The van der Waals surface area contributed by atoms with E-state index in [0.717, 1.165) is 67.6 Å². The van der Waals surface area contributed by atoms with Crippen LogP contribution in [-0.4, -0.2) is 47.4 Å². The largest absolute Gasteiger partial charge is 0.504 e. The number of aromatic hydroxyl groups is 2. The molecule has 0 bridgehead atoms. The van der Waals surface area contributed by atoms with E-state index >= 15 is 0 Å². The molecule has 0 aromatic heterocycles. The van der Waals surface area contributed by atoms with E-state index in [2.05, 4.69) is 4.90 Å². The number of rotatable bonds is 8. The van der Waals surface area contributed by atoms with Gasteiger partial charge in [0.25, 0.3) is 0 Å². The van der Waals surface area contributed by atoms with Crippen molar-refractivity contribution in [2.24, 2.45) is 11.7 Å². The molecule has 0 amide bonds. The summed E-state index contributed by atoms with van der Waals surface area (Å²) in [6.45, 7) is 3.22. The Balaban J connectivity index is 1.17. The van der Waals surface area contributed by atoms with E-state index in [9.17, 15) is 19.0 Å². The highest BCUT2D eigenvalue weighted by molar-refractivity contribution is 5.51. The zero-order chi connectivity index (χ0) is 26.6. The first-order valence-electron chi connectivity index (χ1n) is 13.6. The van der Waals surface area contributed by atoms with E-state index < -0.39 is 0 Å². The molecule has 38 heavy (non-hydrogen) atoms.